The van der Waals surface area contributed by atoms with Crippen molar-refractivity contribution in [2.24, 2.45) is 29.1 Å². The topological polar surface area (TPSA) is 88.1 Å². The molecule has 1 saturated heterocycles. The zero-order valence-corrected chi connectivity index (χ0v) is 15.2. The smallest absolute Gasteiger partial charge is 0.311 e. The molecule has 0 spiro atoms. The molecular formula is C18H26O7. The van der Waals surface area contributed by atoms with Crippen LogP contribution in [-0.2, 0) is 33.3 Å². The first-order valence-corrected chi connectivity index (χ1v) is 8.89. The summed E-state index contributed by atoms with van der Waals surface area (Å²) < 4.78 is 21.3. The third-order valence-electron chi connectivity index (χ3n) is 6.03. The molecule has 1 aliphatic heterocycles. The molecule has 3 fully saturated rings. The van der Waals surface area contributed by atoms with Gasteiger partial charge in [-0.2, -0.15) is 0 Å². The quantitative estimate of drug-likeness (QED) is 0.387. The van der Waals surface area contributed by atoms with Crippen LogP contribution in [0.25, 0.3) is 0 Å². The Kier molecular flexibility index (Phi) is 4.79. The van der Waals surface area contributed by atoms with Gasteiger partial charge in [0.1, 0.15) is 18.8 Å². The summed E-state index contributed by atoms with van der Waals surface area (Å²) in [6.45, 7) is 6.00. The Bertz CT molecular complexity index is 570. The minimum atomic E-state index is -0.613. The molecule has 0 aromatic carbocycles. The Labute approximate surface area is 147 Å². The molecule has 2 saturated carbocycles. The monoisotopic (exact) mass is 354 g/mol. The third kappa shape index (κ3) is 2.92. The van der Waals surface area contributed by atoms with E-state index in [0.717, 1.165) is 0 Å². The van der Waals surface area contributed by atoms with Crippen molar-refractivity contribution in [3.05, 3.63) is 0 Å². The summed E-state index contributed by atoms with van der Waals surface area (Å²) in [5, 5.41) is 0. The SMILES string of the molecule is CCC(C)(C)C(=O)OC1C2CC3C1OC(=O)C3C2C(=O)OCCOC. The second kappa shape index (κ2) is 6.59. The molecule has 2 bridgehead atoms. The van der Waals surface area contributed by atoms with Crippen LogP contribution in [0.2, 0.25) is 0 Å². The molecule has 0 N–H and O–H groups in total. The summed E-state index contributed by atoms with van der Waals surface area (Å²) in [4.78, 5) is 37.2. The molecule has 25 heavy (non-hydrogen) atoms. The van der Waals surface area contributed by atoms with E-state index in [1.807, 2.05) is 20.8 Å². The summed E-state index contributed by atoms with van der Waals surface area (Å²) in [6.07, 6.45) is 0.297. The standard InChI is InChI=1S/C18H26O7/c1-5-18(2,3)17(21)25-14-9-8-10-12(16(20)24-13(10)14)11(9)15(19)23-7-6-22-4/h9-14H,5-8H2,1-4H3. The molecule has 0 aromatic rings. The molecular weight excluding hydrogens is 328 g/mol. The first-order chi connectivity index (χ1) is 11.8. The van der Waals surface area contributed by atoms with Crippen LogP contribution in [-0.4, -0.2) is 50.4 Å². The largest absolute Gasteiger partial charge is 0.463 e. The van der Waals surface area contributed by atoms with Crippen LogP contribution in [0.15, 0.2) is 0 Å². The normalized spacial score (nSPS) is 35.6. The van der Waals surface area contributed by atoms with Gasteiger partial charge in [-0.25, -0.2) is 0 Å². The highest BCUT2D eigenvalue weighted by molar-refractivity contribution is 5.86. The second-order valence-corrected chi connectivity index (χ2v) is 7.78. The lowest BCUT2D eigenvalue weighted by Gasteiger charge is -2.32. The Morgan fingerprint density at radius 1 is 1.24 bits per heavy atom. The summed E-state index contributed by atoms with van der Waals surface area (Å²) in [5.74, 6) is -2.49. The van der Waals surface area contributed by atoms with Gasteiger partial charge in [-0.1, -0.05) is 6.92 Å². The minimum Gasteiger partial charge on any atom is -0.463 e. The molecule has 3 aliphatic rings. The van der Waals surface area contributed by atoms with Crippen molar-refractivity contribution in [3.8, 4) is 0 Å². The molecule has 6 atom stereocenters. The van der Waals surface area contributed by atoms with Crippen molar-refractivity contribution in [2.45, 2.75) is 45.8 Å². The summed E-state index contributed by atoms with van der Waals surface area (Å²) in [6, 6.07) is 0. The Morgan fingerprint density at radius 3 is 2.60 bits per heavy atom. The molecule has 6 unspecified atom stereocenters. The van der Waals surface area contributed by atoms with Crippen LogP contribution >= 0.6 is 0 Å². The van der Waals surface area contributed by atoms with Crippen LogP contribution in [0.3, 0.4) is 0 Å². The lowest BCUT2D eigenvalue weighted by molar-refractivity contribution is -0.174. The van der Waals surface area contributed by atoms with E-state index in [9.17, 15) is 14.4 Å². The number of rotatable bonds is 7. The molecule has 2 aliphatic carbocycles. The highest BCUT2D eigenvalue weighted by atomic mass is 16.6. The number of methoxy groups -OCH3 is 1. The van der Waals surface area contributed by atoms with Crippen molar-refractivity contribution in [1.29, 1.82) is 0 Å². The van der Waals surface area contributed by atoms with E-state index in [1.54, 1.807) is 0 Å². The predicted molar refractivity (Wildman–Crippen MR) is 85.2 cm³/mol. The number of fused-ring (bicyclic) bond motifs is 1. The first kappa shape index (κ1) is 18.2. The highest BCUT2D eigenvalue weighted by Crippen LogP contribution is 2.59. The first-order valence-electron chi connectivity index (χ1n) is 8.89. The molecule has 3 rings (SSSR count). The fraction of sp³-hybridized carbons (Fsp3) is 0.833. The van der Waals surface area contributed by atoms with Gasteiger partial charge in [-0.05, 0) is 26.7 Å². The van der Waals surface area contributed by atoms with E-state index in [-0.39, 0.29) is 30.4 Å². The average molecular weight is 354 g/mol. The number of hydrogen-bond acceptors (Lipinski definition) is 7. The van der Waals surface area contributed by atoms with Gasteiger partial charge in [-0.3, -0.25) is 14.4 Å². The molecule has 0 radical (unpaired) electrons. The number of carbonyl (C=O) groups excluding carboxylic acids is 3. The van der Waals surface area contributed by atoms with Crippen LogP contribution in [0, 0.1) is 29.1 Å². The summed E-state index contributed by atoms with van der Waals surface area (Å²) >= 11 is 0. The predicted octanol–water partition coefficient (Wildman–Crippen LogP) is 1.33. The van der Waals surface area contributed by atoms with Gasteiger partial charge in [0.05, 0.1) is 23.9 Å². The number of hydrogen-bond donors (Lipinski definition) is 0. The van der Waals surface area contributed by atoms with E-state index in [4.69, 9.17) is 18.9 Å². The van der Waals surface area contributed by atoms with Gasteiger partial charge < -0.3 is 18.9 Å². The minimum absolute atomic E-state index is 0.0694. The van der Waals surface area contributed by atoms with Crippen molar-refractivity contribution < 1.29 is 33.3 Å². The Hall–Kier alpha value is -1.63. The van der Waals surface area contributed by atoms with Crippen LogP contribution in [0.5, 0.6) is 0 Å². The fourth-order valence-corrected chi connectivity index (χ4v) is 4.22. The lowest BCUT2D eigenvalue weighted by Crippen LogP contribution is -2.45. The van der Waals surface area contributed by atoms with Crippen molar-refractivity contribution in [2.75, 3.05) is 20.3 Å². The maximum absolute atomic E-state index is 12.5. The van der Waals surface area contributed by atoms with Crippen molar-refractivity contribution >= 4 is 17.9 Å². The van der Waals surface area contributed by atoms with Crippen LogP contribution in [0.4, 0.5) is 0 Å². The van der Waals surface area contributed by atoms with E-state index >= 15 is 0 Å². The van der Waals surface area contributed by atoms with Crippen molar-refractivity contribution in [3.63, 3.8) is 0 Å². The zero-order chi connectivity index (χ0) is 18.4. The third-order valence-corrected chi connectivity index (χ3v) is 6.03. The van der Waals surface area contributed by atoms with Crippen molar-refractivity contribution in [1.82, 2.24) is 0 Å². The lowest BCUT2D eigenvalue weighted by atomic mass is 9.78. The van der Waals surface area contributed by atoms with E-state index in [1.165, 1.54) is 7.11 Å². The number of carbonyl (C=O) groups is 3. The van der Waals surface area contributed by atoms with Gasteiger partial charge in [0.25, 0.3) is 0 Å². The van der Waals surface area contributed by atoms with E-state index in [0.29, 0.717) is 19.4 Å². The Morgan fingerprint density at radius 2 is 1.96 bits per heavy atom. The van der Waals surface area contributed by atoms with Crippen LogP contribution in [0.1, 0.15) is 33.6 Å². The van der Waals surface area contributed by atoms with E-state index in [2.05, 4.69) is 0 Å². The highest BCUT2D eigenvalue weighted by Gasteiger charge is 2.70. The molecule has 0 aromatic heterocycles. The maximum Gasteiger partial charge on any atom is 0.311 e. The average Bonchev–Trinajstić information content (AvgIpc) is 3.18. The second-order valence-electron chi connectivity index (χ2n) is 7.78. The maximum atomic E-state index is 12.5. The van der Waals surface area contributed by atoms with Gasteiger partial charge in [-0.15, -0.1) is 0 Å². The fourth-order valence-electron chi connectivity index (χ4n) is 4.22. The number of esters is 3. The van der Waals surface area contributed by atoms with Gasteiger partial charge in [0, 0.05) is 18.9 Å². The van der Waals surface area contributed by atoms with Gasteiger partial charge in [0.15, 0.2) is 0 Å². The zero-order valence-electron chi connectivity index (χ0n) is 15.2. The summed E-state index contributed by atoms with van der Waals surface area (Å²) in [5.41, 5.74) is -0.613. The van der Waals surface area contributed by atoms with Gasteiger partial charge in [0.2, 0.25) is 0 Å². The van der Waals surface area contributed by atoms with E-state index < -0.39 is 35.4 Å². The number of ether oxygens (including phenoxy) is 4. The molecule has 1 heterocycles. The molecule has 7 nitrogen and oxygen atoms in total. The van der Waals surface area contributed by atoms with Gasteiger partial charge >= 0.3 is 17.9 Å². The van der Waals surface area contributed by atoms with Crippen LogP contribution < -0.4 is 0 Å². The summed E-state index contributed by atoms with van der Waals surface area (Å²) in [7, 11) is 1.52. The molecule has 7 heteroatoms. The Balaban J connectivity index is 1.75. The molecule has 140 valence electrons. The molecule has 0 amide bonds.